The van der Waals surface area contributed by atoms with E-state index < -0.39 is 0 Å². The fraction of sp³-hybridized carbons (Fsp3) is 0.727. The van der Waals surface area contributed by atoms with Crippen molar-refractivity contribution in [2.24, 2.45) is 32.5 Å². The van der Waals surface area contributed by atoms with Crippen LogP contribution >= 0.6 is 0 Å². The first-order valence-electron chi connectivity index (χ1n) is 6.56. The highest BCUT2D eigenvalue weighted by molar-refractivity contribution is 6.11. The zero-order chi connectivity index (χ0) is 13.4. The van der Waals surface area contributed by atoms with Crippen molar-refractivity contribution >= 4 is 17.6 Å². The maximum Gasteiger partial charge on any atom is 0.224 e. The van der Waals surface area contributed by atoms with E-state index in [2.05, 4.69) is 20.0 Å². The Hall–Kier alpha value is -1.83. The third-order valence-corrected chi connectivity index (χ3v) is 3.58. The first kappa shape index (κ1) is 12.2. The Bertz CT molecular complexity index is 452. The molecule has 0 radical (unpaired) electrons. The van der Waals surface area contributed by atoms with E-state index in [9.17, 15) is 0 Å². The summed E-state index contributed by atoms with van der Waals surface area (Å²) in [5.41, 5.74) is 12.0. The van der Waals surface area contributed by atoms with Crippen LogP contribution in [0, 0.1) is 5.92 Å². The van der Waals surface area contributed by atoms with Crippen LogP contribution in [-0.4, -0.2) is 66.6 Å². The molecule has 0 spiro atoms. The van der Waals surface area contributed by atoms with E-state index in [-0.39, 0.29) is 12.1 Å². The summed E-state index contributed by atoms with van der Waals surface area (Å²) in [5, 5.41) is 6.16. The SMILES string of the molecule is CCN1N=C(N)C2C(N)=NC(N3CCOCC3)=NC21. The second-order valence-electron chi connectivity index (χ2n) is 4.74. The summed E-state index contributed by atoms with van der Waals surface area (Å²) in [4.78, 5) is 11.2. The van der Waals surface area contributed by atoms with Gasteiger partial charge in [-0.2, -0.15) is 10.1 Å². The molecule has 0 amide bonds. The van der Waals surface area contributed by atoms with Gasteiger partial charge < -0.3 is 21.1 Å². The van der Waals surface area contributed by atoms with E-state index in [1.165, 1.54) is 0 Å². The Labute approximate surface area is 111 Å². The fourth-order valence-electron chi connectivity index (χ4n) is 2.55. The second kappa shape index (κ2) is 4.69. The number of hydrogen-bond donors (Lipinski definition) is 2. The van der Waals surface area contributed by atoms with Crippen molar-refractivity contribution in [1.82, 2.24) is 9.91 Å². The zero-order valence-electron chi connectivity index (χ0n) is 11.0. The Kier molecular flexibility index (Phi) is 3.02. The predicted molar refractivity (Wildman–Crippen MR) is 72.7 cm³/mol. The molecular weight excluding hydrogens is 246 g/mol. The Morgan fingerprint density at radius 2 is 2.00 bits per heavy atom. The highest BCUT2D eigenvalue weighted by Crippen LogP contribution is 2.25. The first-order chi connectivity index (χ1) is 9.20. The molecule has 1 saturated heterocycles. The molecule has 8 heteroatoms. The monoisotopic (exact) mass is 265 g/mol. The Balaban J connectivity index is 1.86. The fourth-order valence-corrected chi connectivity index (χ4v) is 2.55. The molecule has 8 nitrogen and oxygen atoms in total. The van der Waals surface area contributed by atoms with Gasteiger partial charge in [0.2, 0.25) is 5.96 Å². The minimum Gasteiger partial charge on any atom is -0.386 e. The molecule has 2 unspecified atom stereocenters. The lowest BCUT2D eigenvalue weighted by atomic mass is 10.0. The summed E-state index contributed by atoms with van der Waals surface area (Å²) in [6, 6.07) is 0. The number of hydrogen-bond acceptors (Lipinski definition) is 8. The minimum atomic E-state index is -0.190. The van der Waals surface area contributed by atoms with Crippen molar-refractivity contribution in [1.29, 1.82) is 0 Å². The third-order valence-electron chi connectivity index (χ3n) is 3.58. The molecule has 1 fully saturated rings. The molecule has 4 N–H and O–H groups in total. The molecule has 3 aliphatic heterocycles. The van der Waals surface area contributed by atoms with E-state index in [1.54, 1.807) is 0 Å². The predicted octanol–water partition coefficient (Wildman–Crippen LogP) is -1.40. The molecule has 0 saturated carbocycles. The molecule has 3 aliphatic rings. The lowest BCUT2D eigenvalue weighted by molar-refractivity contribution is 0.0667. The van der Waals surface area contributed by atoms with Crippen molar-refractivity contribution < 1.29 is 4.74 Å². The number of nitrogens with two attached hydrogens (primary N) is 2. The van der Waals surface area contributed by atoms with E-state index in [0.29, 0.717) is 30.8 Å². The molecule has 19 heavy (non-hydrogen) atoms. The van der Waals surface area contributed by atoms with E-state index in [4.69, 9.17) is 16.2 Å². The van der Waals surface area contributed by atoms with Crippen LogP contribution in [0.3, 0.4) is 0 Å². The molecule has 3 rings (SSSR count). The minimum absolute atomic E-state index is 0.152. The molecule has 104 valence electrons. The summed E-state index contributed by atoms with van der Waals surface area (Å²) in [6.07, 6.45) is -0.152. The smallest absolute Gasteiger partial charge is 0.224 e. The van der Waals surface area contributed by atoms with E-state index in [0.717, 1.165) is 19.6 Å². The summed E-state index contributed by atoms with van der Waals surface area (Å²) in [6.45, 7) is 5.72. The van der Waals surface area contributed by atoms with Gasteiger partial charge in [-0.15, -0.1) is 0 Å². The van der Waals surface area contributed by atoms with Crippen molar-refractivity contribution in [3.8, 4) is 0 Å². The summed E-state index contributed by atoms with van der Waals surface area (Å²) < 4.78 is 5.33. The quantitative estimate of drug-likeness (QED) is 0.606. The number of hydrazone groups is 1. The number of amidine groups is 2. The van der Waals surface area contributed by atoms with Crippen molar-refractivity contribution in [3.63, 3.8) is 0 Å². The number of aliphatic imine (C=N–C) groups is 2. The third kappa shape index (κ3) is 2.01. The van der Waals surface area contributed by atoms with Crippen LogP contribution in [0.1, 0.15) is 6.92 Å². The van der Waals surface area contributed by atoms with Crippen LogP contribution < -0.4 is 11.5 Å². The van der Waals surface area contributed by atoms with E-state index in [1.807, 2.05) is 11.9 Å². The number of morpholine rings is 1. The van der Waals surface area contributed by atoms with Crippen molar-refractivity contribution in [3.05, 3.63) is 0 Å². The molecule has 2 atom stereocenters. The average molecular weight is 265 g/mol. The summed E-state index contributed by atoms with van der Waals surface area (Å²) in [5.74, 6) is 1.48. The molecule has 0 aromatic heterocycles. The molecule has 0 aromatic carbocycles. The van der Waals surface area contributed by atoms with Crippen LogP contribution in [0.15, 0.2) is 15.1 Å². The van der Waals surface area contributed by atoms with Gasteiger partial charge in [-0.1, -0.05) is 0 Å². The van der Waals surface area contributed by atoms with Gasteiger partial charge in [0.15, 0.2) is 6.17 Å². The second-order valence-corrected chi connectivity index (χ2v) is 4.74. The van der Waals surface area contributed by atoms with Crippen molar-refractivity contribution in [2.45, 2.75) is 13.1 Å². The number of guanidine groups is 1. The Morgan fingerprint density at radius 3 is 2.68 bits per heavy atom. The molecule has 0 bridgehead atoms. The highest BCUT2D eigenvalue weighted by Gasteiger charge is 2.41. The maximum atomic E-state index is 6.05. The largest absolute Gasteiger partial charge is 0.386 e. The Morgan fingerprint density at radius 1 is 1.26 bits per heavy atom. The number of ether oxygens (including phenoxy) is 1. The van der Waals surface area contributed by atoms with Gasteiger partial charge in [-0.05, 0) is 6.92 Å². The van der Waals surface area contributed by atoms with Gasteiger partial charge in [0, 0.05) is 19.6 Å². The lowest BCUT2D eigenvalue weighted by Crippen LogP contribution is -2.49. The number of rotatable bonds is 1. The standard InChI is InChI=1S/C11H19N7O/c1-2-18-10-7(9(13)16-18)8(12)14-11(15-10)17-3-5-19-6-4-17/h7,10H,2-6H2,1H3,(H2,13,16)(H2,12,14,15). The van der Waals surface area contributed by atoms with Gasteiger partial charge in [0.1, 0.15) is 17.6 Å². The van der Waals surface area contributed by atoms with Gasteiger partial charge in [-0.3, -0.25) is 5.01 Å². The molecule has 0 aliphatic carbocycles. The van der Waals surface area contributed by atoms with Crippen LogP contribution in [0.5, 0.6) is 0 Å². The molecular formula is C11H19N7O. The molecule has 0 aromatic rings. The van der Waals surface area contributed by atoms with Gasteiger partial charge >= 0.3 is 0 Å². The van der Waals surface area contributed by atoms with E-state index >= 15 is 0 Å². The normalized spacial score (nSPS) is 30.7. The number of fused-ring (bicyclic) bond motifs is 1. The van der Waals surface area contributed by atoms with Crippen molar-refractivity contribution in [2.75, 3.05) is 32.8 Å². The first-order valence-corrected chi connectivity index (χ1v) is 6.56. The van der Waals surface area contributed by atoms with Crippen LogP contribution in [0.2, 0.25) is 0 Å². The van der Waals surface area contributed by atoms with Gasteiger partial charge in [0.25, 0.3) is 0 Å². The van der Waals surface area contributed by atoms with Crippen LogP contribution in [-0.2, 0) is 4.74 Å². The van der Waals surface area contributed by atoms with Gasteiger partial charge in [0.05, 0.1) is 13.2 Å². The van der Waals surface area contributed by atoms with Crippen LogP contribution in [0.25, 0.3) is 0 Å². The van der Waals surface area contributed by atoms with Gasteiger partial charge in [-0.25, -0.2) is 4.99 Å². The zero-order valence-corrected chi connectivity index (χ0v) is 11.0. The maximum absolute atomic E-state index is 6.05. The lowest BCUT2D eigenvalue weighted by Gasteiger charge is -2.32. The highest BCUT2D eigenvalue weighted by atomic mass is 16.5. The molecule has 3 heterocycles. The summed E-state index contributed by atoms with van der Waals surface area (Å²) in [7, 11) is 0. The van der Waals surface area contributed by atoms with Crippen LogP contribution in [0.4, 0.5) is 0 Å². The summed E-state index contributed by atoms with van der Waals surface area (Å²) >= 11 is 0. The average Bonchev–Trinajstić information content (AvgIpc) is 2.76. The number of nitrogens with zero attached hydrogens (tertiary/aromatic N) is 5. The topological polar surface area (TPSA) is 105 Å².